The summed E-state index contributed by atoms with van der Waals surface area (Å²) in [6, 6.07) is 0. The Bertz CT molecular complexity index is 172. The molecule has 0 amide bonds. The molecule has 3 saturated heterocycles. The summed E-state index contributed by atoms with van der Waals surface area (Å²) < 4.78 is 0. The van der Waals surface area contributed by atoms with E-state index in [1.165, 1.54) is 46.1 Å². The summed E-state index contributed by atoms with van der Waals surface area (Å²) in [5.41, 5.74) is 4.50. The van der Waals surface area contributed by atoms with Crippen LogP contribution in [0.1, 0.15) is 27.2 Å². The van der Waals surface area contributed by atoms with Gasteiger partial charge in [0.1, 0.15) is 0 Å². The first kappa shape index (κ1) is 25.0. The van der Waals surface area contributed by atoms with E-state index >= 15 is 0 Å². The highest BCUT2D eigenvalue weighted by molar-refractivity contribution is 4.63. The molecule has 3 fully saturated rings. The molecule has 0 saturated carbocycles. The van der Waals surface area contributed by atoms with E-state index in [-0.39, 0.29) is 7.43 Å². The lowest BCUT2D eigenvalue weighted by atomic mass is 10.0. The maximum absolute atomic E-state index is 4.50. The minimum absolute atomic E-state index is 0. The molecule has 0 aromatic carbocycles. The summed E-state index contributed by atoms with van der Waals surface area (Å²) in [5.74, 6) is 0.973. The second kappa shape index (κ2) is 19.8. The van der Waals surface area contributed by atoms with Crippen molar-refractivity contribution in [2.24, 2.45) is 11.7 Å². The van der Waals surface area contributed by atoms with Crippen molar-refractivity contribution in [1.29, 1.82) is 0 Å². The van der Waals surface area contributed by atoms with Crippen molar-refractivity contribution < 1.29 is 0 Å². The van der Waals surface area contributed by atoms with E-state index in [1.54, 1.807) is 0 Å². The molecule has 0 bridgehead atoms. The summed E-state index contributed by atoms with van der Waals surface area (Å²) in [7, 11) is 3.65. The summed E-state index contributed by atoms with van der Waals surface area (Å²) >= 11 is 0. The third-order valence-corrected chi connectivity index (χ3v) is 3.93. The fraction of sp³-hybridized carbons (Fsp3) is 1.00. The monoisotopic (exact) mass is 332 g/mol. The minimum Gasteiger partial charge on any atom is -0.333 e. The van der Waals surface area contributed by atoms with E-state index in [0.717, 1.165) is 45.2 Å². The van der Waals surface area contributed by atoms with Gasteiger partial charge in [0.05, 0.1) is 0 Å². The highest BCUT2D eigenvalue weighted by atomic mass is 15.2. The fourth-order valence-corrected chi connectivity index (χ4v) is 2.35. The molecule has 3 rings (SSSR count). The zero-order valence-corrected chi connectivity index (χ0v) is 15.1. The van der Waals surface area contributed by atoms with Crippen LogP contribution in [0.25, 0.3) is 0 Å². The highest BCUT2D eigenvalue weighted by Gasteiger charge is 2.05. The van der Waals surface area contributed by atoms with Crippen molar-refractivity contribution in [3.05, 3.63) is 0 Å². The number of piperazine rings is 2. The van der Waals surface area contributed by atoms with Gasteiger partial charge in [-0.1, -0.05) is 14.4 Å². The first-order chi connectivity index (χ1) is 10.8. The average Bonchev–Trinajstić information content (AvgIpc) is 2.61. The van der Waals surface area contributed by atoms with Gasteiger partial charge in [0.25, 0.3) is 0 Å². The SMILES string of the molecule is C.C1CNCCN1.CC1CCNCC1.CN.CN1CCNCC1. The van der Waals surface area contributed by atoms with Gasteiger partial charge in [0.2, 0.25) is 0 Å². The Morgan fingerprint density at radius 2 is 1.04 bits per heavy atom. The molecule has 0 aromatic rings. The maximum atomic E-state index is 4.50. The molecule has 0 radical (unpaired) electrons. The lowest BCUT2D eigenvalue weighted by Crippen LogP contribution is -2.40. The molecule has 3 aliphatic heterocycles. The van der Waals surface area contributed by atoms with Crippen LogP contribution in [0.5, 0.6) is 0 Å². The largest absolute Gasteiger partial charge is 0.333 e. The first-order valence-electron chi connectivity index (χ1n) is 8.88. The van der Waals surface area contributed by atoms with E-state index in [9.17, 15) is 0 Å². The normalized spacial score (nSPS) is 21.9. The van der Waals surface area contributed by atoms with Crippen LogP contribution in [0.15, 0.2) is 0 Å². The van der Waals surface area contributed by atoms with Crippen LogP contribution in [-0.2, 0) is 0 Å². The zero-order chi connectivity index (χ0) is 16.5. The summed E-state index contributed by atoms with van der Waals surface area (Å²) in [4.78, 5) is 2.33. The van der Waals surface area contributed by atoms with E-state index in [4.69, 9.17) is 0 Å². The Hall–Kier alpha value is -0.240. The average molecular weight is 333 g/mol. The Morgan fingerprint density at radius 1 is 0.696 bits per heavy atom. The molecule has 142 valence electrons. The maximum Gasteiger partial charge on any atom is 0.0104 e. The number of rotatable bonds is 0. The van der Waals surface area contributed by atoms with Gasteiger partial charge in [-0.2, -0.15) is 0 Å². The van der Waals surface area contributed by atoms with Gasteiger partial charge in [0, 0.05) is 52.4 Å². The van der Waals surface area contributed by atoms with Gasteiger partial charge in [-0.25, -0.2) is 0 Å². The number of nitrogens with zero attached hydrogens (tertiary/aromatic N) is 1. The summed E-state index contributed by atoms with van der Waals surface area (Å²) in [5, 5.41) is 13.0. The van der Waals surface area contributed by atoms with Crippen LogP contribution in [0.2, 0.25) is 0 Å². The van der Waals surface area contributed by atoms with Gasteiger partial charge in [-0.3, -0.25) is 0 Å². The molecule has 3 aliphatic rings. The van der Waals surface area contributed by atoms with Gasteiger partial charge < -0.3 is 31.9 Å². The first-order valence-corrected chi connectivity index (χ1v) is 8.88. The number of nitrogens with one attached hydrogen (secondary N) is 4. The molecule has 23 heavy (non-hydrogen) atoms. The third kappa shape index (κ3) is 17.9. The number of hydrogen-bond donors (Lipinski definition) is 5. The van der Waals surface area contributed by atoms with Gasteiger partial charge >= 0.3 is 0 Å². The van der Waals surface area contributed by atoms with E-state index in [2.05, 4.69) is 45.9 Å². The standard InChI is InChI=1S/C6H13N.C5H12N2.C4H10N2.CH5N.CH4/c1-6-2-4-7-5-3-6;1-7-4-2-6-3-5-7;1-2-6-4-3-5-1;1-2;/h6-7H,2-5H2,1H3;6H,2-5H2,1H3;5-6H,1-4H2;2H2,1H3;1H4. The molecule has 0 atom stereocenters. The molecule has 0 aromatic heterocycles. The lowest BCUT2D eigenvalue weighted by Gasteiger charge is -2.21. The number of nitrogens with two attached hydrogens (primary N) is 1. The van der Waals surface area contributed by atoms with Crippen LogP contribution in [0.3, 0.4) is 0 Å². The van der Waals surface area contributed by atoms with Crippen LogP contribution >= 0.6 is 0 Å². The van der Waals surface area contributed by atoms with Crippen LogP contribution < -0.4 is 27.0 Å². The second-order valence-electron chi connectivity index (χ2n) is 5.99. The quantitative estimate of drug-likeness (QED) is 0.427. The van der Waals surface area contributed by atoms with Gasteiger partial charge in [-0.15, -0.1) is 0 Å². The Morgan fingerprint density at radius 3 is 1.26 bits per heavy atom. The van der Waals surface area contributed by atoms with Crippen molar-refractivity contribution in [2.45, 2.75) is 27.2 Å². The molecule has 6 nitrogen and oxygen atoms in total. The van der Waals surface area contributed by atoms with Crippen molar-refractivity contribution >= 4 is 0 Å². The Labute approximate surface area is 145 Å². The molecule has 3 heterocycles. The second-order valence-corrected chi connectivity index (χ2v) is 5.99. The minimum atomic E-state index is 0. The molecular weight excluding hydrogens is 288 g/mol. The summed E-state index contributed by atoms with van der Waals surface area (Å²) in [6.07, 6.45) is 2.75. The van der Waals surface area contributed by atoms with Gasteiger partial charge in [0.15, 0.2) is 0 Å². The van der Waals surface area contributed by atoms with Crippen molar-refractivity contribution in [3.8, 4) is 0 Å². The van der Waals surface area contributed by atoms with Crippen molar-refractivity contribution in [1.82, 2.24) is 26.2 Å². The number of likely N-dealkylation sites (N-methyl/N-ethyl adjacent to an activating group) is 1. The number of piperidine rings is 1. The zero-order valence-electron chi connectivity index (χ0n) is 15.1. The van der Waals surface area contributed by atoms with Crippen LogP contribution in [-0.4, -0.2) is 84.4 Å². The molecule has 6 heteroatoms. The summed E-state index contributed by atoms with van der Waals surface area (Å²) in [6.45, 7) is 14.1. The van der Waals surface area contributed by atoms with Crippen LogP contribution in [0.4, 0.5) is 0 Å². The third-order valence-electron chi connectivity index (χ3n) is 3.93. The Balaban J connectivity index is 0. The topological polar surface area (TPSA) is 77.4 Å². The Kier molecular flexibility index (Phi) is 21.5. The number of hydrogen-bond acceptors (Lipinski definition) is 6. The molecular formula is C17H44N6. The predicted octanol–water partition coefficient (Wildman–Crippen LogP) is -0.0825. The van der Waals surface area contributed by atoms with Gasteiger partial charge in [-0.05, 0) is 45.9 Å². The smallest absolute Gasteiger partial charge is 0.0104 e. The van der Waals surface area contributed by atoms with E-state index in [1.807, 2.05) is 0 Å². The molecule has 0 aliphatic carbocycles. The van der Waals surface area contributed by atoms with E-state index in [0.29, 0.717) is 0 Å². The predicted molar refractivity (Wildman–Crippen MR) is 104 cm³/mol. The molecule has 6 N–H and O–H groups in total. The highest BCUT2D eigenvalue weighted by Crippen LogP contribution is 2.08. The van der Waals surface area contributed by atoms with Crippen LogP contribution in [0, 0.1) is 5.92 Å². The van der Waals surface area contributed by atoms with E-state index < -0.39 is 0 Å². The molecule has 0 spiro atoms. The fourth-order valence-electron chi connectivity index (χ4n) is 2.35. The molecule has 0 unspecified atom stereocenters. The van der Waals surface area contributed by atoms with Crippen molar-refractivity contribution in [3.63, 3.8) is 0 Å². The lowest BCUT2D eigenvalue weighted by molar-refractivity contribution is 0.291. The van der Waals surface area contributed by atoms with Crippen molar-refractivity contribution in [2.75, 3.05) is 79.5 Å².